The normalized spacial score (nSPS) is 22.6. The molecule has 0 unspecified atom stereocenters. The number of aliphatic hydroxyl groups is 1. The highest BCUT2D eigenvalue weighted by Gasteiger charge is 2.33. The summed E-state index contributed by atoms with van der Waals surface area (Å²) in [5.41, 5.74) is -0.127. The highest BCUT2D eigenvalue weighted by Crippen LogP contribution is 2.36. The average Bonchev–Trinajstić information content (AvgIpc) is 2.84. The maximum absolute atomic E-state index is 12.0. The molecule has 1 saturated carbocycles. The van der Waals surface area contributed by atoms with Crippen LogP contribution in [-0.4, -0.2) is 48.1 Å². The van der Waals surface area contributed by atoms with Gasteiger partial charge in [0, 0.05) is 24.9 Å². The zero-order chi connectivity index (χ0) is 14.4. The van der Waals surface area contributed by atoms with Crippen LogP contribution in [0, 0.1) is 5.41 Å². The molecule has 5 nitrogen and oxygen atoms in total. The lowest BCUT2D eigenvalue weighted by molar-refractivity contribution is -0.135. The van der Waals surface area contributed by atoms with Crippen LogP contribution in [0.25, 0.3) is 0 Å². The summed E-state index contributed by atoms with van der Waals surface area (Å²) in [6, 6.07) is 0. The van der Waals surface area contributed by atoms with Crippen molar-refractivity contribution in [3.05, 3.63) is 0 Å². The van der Waals surface area contributed by atoms with Crippen molar-refractivity contribution in [1.29, 1.82) is 0 Å². The van der Waals surface area contributed by atoms with Gasteiger partial charge in [-0.2, -0.15) is 0 Å². The fourth-order valence-electron chi connectivity index (χ4n) is 3.24. The molecule has 0 spiro atoms. The summed E-state index contributed by atoms with van der Waals surface area (Å²) in [6.45, 7) is 1.53. The molecule has 1 aliphatic heterocycles. The van der Waals surface area contributed by atoms with Crippen molar-refractivity contribution in [2.75, 3.05) is 26.2 Å². The van der Waals surface area contributed by atoms with E-state index in [1.54, 1.807) is 4.90 Å². The molecule has 2 rings (SSSR count). The average molecular weight is 282 g/mol. The predicted octanol–water partition coefficient (Wildman–Crippen LogP) is 1.06. The molecule has 2 N–H and O–H groups in total. The first-order valence-corrected chi connectivity index (χ1v) is 7.81. The topological polar surface area (TPSA) is 69.6 Å². The molecular formula is C15H26N2O3. The molecule has 0 aromatic heterocycles. The minimum Gasteiger partial charge on any atom is -0.396 e. The monoisotopic (exact) mass is 282 g/mol. The van der Waals surface area contributed by atoms with Crippen LogP contribution in [0.1, 0.15) is 51.4 Å². The van der Waals surface area contributed by atoms with Crippen molar-refractivity contribution in [3.63, 3.8) is 0 Å². The van der Waals surface area contributed by atoms with Crippen molar-refractivity contribution in [1.82, 2.24) is 10.2 Å². The third kappa shape index (κ3) is 3.95. The van der Waals surface area contributed by atoms with E-state index in [0.29, 0.717) is 19.5 Å². The fourth-order valence-corrected chi connectivity index (χ4v) is 3.24. The maximum Gasteiger partial charge on any atom is 0.239 e. The Kier molecular flexibility index (Phi) is 5.40. The number of hydrogen-bond acceptors (Lipinski definition) is 3. The van der Waals surface area contributed by atoms with Crippen LogP contribution >= 0.6 is 0 Å². The van der Waals surface area contributed by atoms with Gasteiger partial charge < -0.3 is 15.3 Å². The number of rotatable bonds is 5. The third-order valence-corrected chi connectivity index (χ3v) is 4.67. The molecular weight excluding hydrogens is 256 g/mol. The van der Waals surface area contributed by atoms with Crippen LogP contribution in [-0.2, 0) is 9.59 Å². The van der Waals surface area contributed by atoms with Crippen LogP contribution < -0.4 is 5.32 Å². The van der Waals surface area contributed by atoms with Gasteiger partial charge in [-0.15, -0.1) is 0 Å². The summed E-state index contributed by atoms with van der Waals surface area (Å²) in [4.78, 5) is 25.5. The van der Waals surface area contributed by atoms with Crippen molar-refractivity contribution in [3.8, 4) is 0 Å². The first-order valence-electron chi connectivity index (χ1n) is 7.81. The zero-order valence-electron chi connectivity index (χ0n) is 12.2. The van der Waals surface area contributed by atoms with E-state index in [0.717, 1.165) is 44.9 Å². The maximum atomic E-state index is 12.0. The Hall–Kier alpha value is -1.10. The van der Waals surface area contributed by atoms with Crippen LogP contribution in [0.3, 0.4) is 0 Å². The Morgan fingerprint density at radius 3 is 2.65 bits per heavy atom. The van der Waals surface area contributed by atoms with Gasteiger partial charge in [0.1, 0.15) is 0 Å². The number of hydrogen-bond donors (Lipinski definition) is 2. The lowest BCUT2D eigenvalue weighted by Crippen LogP contribution is -2.44. The smallest absolute Gasteiger partial charge is 0.239 e. The molecule has 114 valence electrons. The van der Waals surface area contributed by atoms with Gasteiger partial charge in [0.15, 0.2) is 0 Å². The second-order valence-electron chi connectivity index (χ2n) is 6.27. The highest BCUT2D eigenvalue weighted by atomic mass is 16.3. The van der Waals surface area contributed by atoms with E-state index in [-0.39, 0.29) is 30.4 Å². The van der Waals surface area contributed by atoms with Crippen LogP contribution in [0.15, 0.2) is 0 Å². The van der Waals surface area contributed by atoms with Gasteiger partial charge in [0.05, 0.1) is 13.2 Å². The minimum atomic E-state index is -0.127. The summed E-state index contributed by atoms with van der Waals surface area (Å²) < 4.78 is 0. The Labute approximate surface area is 120 Å². The molecule has 2 aliphatic rings. The van der Waals surface area contributed by atoms with Gasteiger partial charge in [0.25, 0.3) is 0 Å². The van der Waals surface area contributed by atoms with Crippen molar-refractivity contribution in [2.24, 2.45) is 5.41 Å². The number of carbonyl (C=O) groups is 2. The number of nitrogens with zero attached hydrogens (tertiary/aromatic N) is 1. The second kappa shape index (κ2) is 7.07. The lowest BCUT2D eigenvalue weighted by atomic mass is 9.87. The summed E-state index contributed by atoms with van der Waals surface area (Å²) in [7, 11) is 0. The molecule has 2 amide bonds. The molecule has 2 fully saturated rings. The lowest BCUT2D eigenvalue weighted by Gasteiger charge is -2.27. The van der Waals surface area contributed by atoms with Gasteiger partial charge in [-0.1, -0.05) is 19.3 Å². The van der Waals surface area contributed by atoms with E-state index in [1.165, 1.54) is 0 Å². The molecule has 0 atom stereocenters. The molecule has 1 heterocycles. The zero-order valence-corrected chi connectivity index (χ0v) is 12.2. The van der Waals surface area contributed by atoms with Crippen molar-refractivity contribution >= 4 is 11.8 Å². The van der Waals surface area contributed by atoms with Gasteiger partial charge in [-0.05, 0) is 25.7 Å². The molecule has 0 bridgehead atoms. The van der Waals surface area contributed by atoms with Gasteiger partial charge >= 0.3 is 0 Å². The Balaban J connectivity index is 1.78. The first-order chi connectivity index (χ1) is 9.65. The summed E-state index contributed by atoms with van der Waals surface area (Å²) in [6.07, 6.45) is 7.76. The Bertz CT molecular complexity index is 351. The van der Waals surface area contributed by atoms with E-state index in [2.05, 4.69) is 5.32 Å². The van der Waals surface area contributed by atoms with E-state index in [1.807, 2.05) is 0 Å². The molecule has 0 aromatic rings. The molecule has 5 heteroatoms. The van der Waals surface area contributed by atoms with Gasteiger partial charge in [0.2, 0.25) is 11.8 Å². The molecule has 1 saturated heterocycles. The minimum absolute atomic E-state index is 0.0930. The highest BCUT2D eigenvalue weighted by molar-refractivity contribution is 5.84. The molecule has 0 aromatic carbocycles. The molecule has 20 heavy (non-hydrogen) atoms. The number of carbonyl (C=O) groups excluding carboxylic acids is 2. The summed E-state index contributed by atoms with van der Waals surface area (Å²) in [5.74, 6) is -0.00429. The van der Waals surface area contributed by atoms with Crippen LogP contribution in [0.4, 0.5) is 0 Å². The molecule has 0 radical (unpaired) electrons. The predicted molar refractivity (Wildman–Crippen MR) is 76.0 cm³/mol. The molecule has 1 aliphatic carbocycles. The summed E-state index contributed by atoms with van der Waals surface area (Å²) in [5, 5.41) is 12.4. The number of aliphatic hydroxyl groups excluding tert-OH is 1. The largest absolute Gasteiger partial charge is 0.396 e. The van der Waals surface area contributed by atoms with E-state index in [4.69, 9.17) is 0 Å². The number of likely N-dealkylation sites (tertiary alicyclic amines) is 1. The summed E-state index contributed by atoms with van der Waals surface area (Å²) >= 11 is 0. The van der Waals surface area contributed by atoms with Crippen LogP contribution in [0.2, 0.25) is 0 Å². The number of amides is 2. The van der Waals surface area contributed by atoms with E-state index in [9.17, 15) is 14.7 Å². The van der Waals surface area contributed by atoms with Gasteiger partial charge in [-0.3, -0.25) is 9.59 Å². The van der Waals surface area contributed by atoms with E-state index >= 15 is 0 Å². The Morgan fingerprint density at radius 2 is 1.95 bits per heavy atom. The quantitative estimate of drug-likeness (QED) is 0.792. The van der Waals surface area contributed by atoms with Crippen molar-refractivity contribution < 1.29 is 14.7 Å². The fraction of sp³-hybridized carbons (Fsp3) is 0.867. The third-order valence-electron chi connectivity index (χ3n) is 4.67. The van der Waals surface area contributed by atoms with E-state index < -0.39 is 0 Å². The van der Waals surface area contributed by atoms with Crippen molar-refractivity contribution in [2.45, 2.75) is 51.4 Å². The standard InChI is InChI=1S/C15H26N2O3/c18-12-15(7-3-4-8-15)11-16-13(19)10-17-9-5-1-2-6-14(17)20/h18H,1-12H2,(H,16,19). The first kappa shape index (κ1) is 15.3. The van der Waals surface area contributed by atoms with Gasteiger partial charge in [-0.25, -0.2) is 0 Å². The SMILES string of the molecule is O=C(CN1CCCCCC1=O)NCC1(CO)CCCC1. The number of nitrogens with one attached hydrogen (secondary N) is 1. The van der Waals surface area contributed by atoms with Crippen LogP contribution in [0.5, 0.6) is 0 Å². The Morgan fingerprint density at radius 1 is 1.20 bits per heavy atom. The second-order valence-corrected chi connectivity index (χ2v) is 6.27.